The predicted molar refractivity (Wildman–Crippen MR) is 70.2 cm³/mol. The summed E-state index contributed by atoms with van der Waals surface area (Å²) >= 11 is 0. The van der Waals surface area contributed by atoms with Gasteiger partial charge in [-0.1, -0.05) is 18.7 Å². The van der Waals surface area contributed by atoms with Gasteiger partial charge < -0.3 is 10.1 Å². The third-order valence-corrected chi connectivity index (χ3v) is 2.48. The first kappa shape index (κ1) is 14.0. The zero-order chi connectivity index (χ0) is 13.4. The van der Waals surface area contributed by atoms with Crippen molar-refractivity contribution in [2.45, 2.75) is 19.3 Å². The summed E-state index contributed by atoms with van der Waals surface area (Å²) in [7, 11) is 1.39. The third-order valence-electron chi connectivity index (χ3n) is 2.48. The molecule has 1 aromatic rings. The van der Waals surface area contributed by atoms with E-state index < -0.39 is 0 Å². The van der Waals surface area contributed by atoms with E-state index in [0.29, 0.717) is 6.42 Å². The van der Waals surface area contributed by atoms with E-state index in [1.165, 1.54) is 13.2 Å². The Labute approximate surface area is 107 Å². The summed E-state index contributed by atoms with van der Waals surface area (Å²) in [5.41, 5.74) is 1.85. The van der Waals surface area contributed by atoms with Crippen molar-refractivity contribution in [2.24, 2.45) is 0 Å². The molecule has 0 unspecified atom stereocenters. The number of nitrogens with one attached hydrogen (secondary N) is 1. The molecular formula is C14H17NO3. The average Bonchev–Trinajstić information content (AvgIpc) is 2.40. The van der Waals surface area contributed by atoms with Crippen molar-refractivity contribution in [1.29, 1.82) is 0 Å². The number of carbonyl (C=O) groups is 2. The van der Waals surface area contributed by atoms with Crippen LogP contribution in [0.3, 0.4) is 0 Å². The lowest BCUT2D eigenvalue weighted by molar-refractivity contribution is -0.140. The van der Waals surface area contributed by atoms with Crippen molar-refractivity contribution in [1.82, 2.24) is 0 Å². The Morgan fingerprint density at radius 2 is 2.00 bits per heavy atom. The molecule has 4 nitrogen and oxygen atoms in total. The van der Waals surface area contributed by atoms with E-state index in [4.69, 9.17) is 0 Å². The minimum Gasteiger partial charge on any atom is -0.469 e. The minimum absolute atomic E-state index is 0.190. The molecular weight excluding hydrogens is 230 g/mol. The maximum absolute atomic E-state index is 11.1. The normalized spacial score (nSPS) is 9.61. The van der Waals surface area contributed by atoms with Crippen LogP contribution in [0.4, 0.5) is 5.69 Å². The molecule has 0 radical (unpaired) electrons. The molecule has 0 aromatic heterocycles. The maximum Gasteiger partial charge on any atom is 0.305 e. The number of ether oxygens (including phenoxy) is 1. The Bertz CT molecular complexity index is 423. The quantitative estimate of drug-likeness (QED) is 0.620. The molecule has 0 saturated carbocycles. The van der Waals surface area contributed by atoms with Crippen molar-refractivity contribution < 1.29 is 14.3 Å². The molecule has 4 heteroatoms. The van der Waals surface area contributed by atoms with Gasteiger partial charge >= 0.3 is 5.97 Å². The number of carbonyl (C=O) groups excluding carboxylic acids is 2. The van der Waals surface area contributed by atoms with E-state index in [9.17, 15) is 9.59 Å². The summed E-state index contributed by atoms with van der Waals surface area (Å²) in [5, 5.41) is 2.67. The van der Waals surface area contributed by atoms with Crippen LogP contribution in [-0.4, -0.2) is 19.0 Å². The molecule has 1 rings (SSSR count). The fourth-order valence-corrected chi connectivity index (χ4v) is 1.49. The number of methoxy groups -OCH3 is 1. The topological polar surface area (TPSA) is 55.4 Å². The molecule has 0 atom stereocenters. The number of esters is 1. The smallest absolute Gasteiger partial charge is 0.305 e. The van der Waals surface area contributed by atoms with Crippen molar-refractivity contribution in [3.63, 3.8) is 0 Å². The monoisotopic (exact) mass is 247 g/mol. The molecule has 96 valence electrons. The van der Waals surface area contributed by atoms with Crippen LogP contribution in [0, 0.1) is 0 Å². The van der Waals surface area contributed by atoms with E-state index in [1.807, 2.05) is 24.3 Å². The Morgan fingerprint density at radius 1 is 1.33 bits per heavy atom. The summed E-state index contributed by atoms with van der Waals surface area (Å²) in [6.45, 7) is 3.38. The van der Waals surface area contributed by atoms with E-state index >= 15 is 0 Å². The van der Waals surface area contributed by atoms with E-state index in [0.717, 1.165) is 24.1 Å². The first-order valence-electron chi connectivity index (χ1n) is 5.75. The molecule has 0 fully saturated rings. The average molecular weight is 247 g/mol. The Hall–Kier alpha value is -2.10. The standard InChI is InChI=1S/C14H17NO3/c1-3-13(16)15-12-9-7-11(8-10-12)5-4-6-14(17)18-2/h3,7-10H,1,4-6H2,2H3,(H,15,16). The van der Waals surface area contributed by atoms with Crippen LogP contribution in [0.2, 0.25) is 0 Å². The van der Waals surface area contributed by atoms with Crippen molar-refractivity contribution in [3.05, 3.63) is 42.5 Å². The number of anilines is 1. The summed E-state index contributed by atoms with van der Waals surface area (Å²) in [6, 6.07) is 7.51. The second-order valence-electron chi connectivity index (χ2n) is 3.82. The predicted octanol–water partition coefficient (Wildman–Crippen LogP) is 2.31. The van der Waals surface area contributed by atoms with Crippen LogP contribution in [0.15, 0.2) is 36.9 Å². The minimum atomic E-state index is -0.228. The summed E-state index contributed by atoms with van der Waals surface area (Å²) in [6.07, 6.45) is 3.21. The van der Waals surface area contributed by atoms with Gasteiger partial charge in [0.05, 0.1) is 7.11 Å². The highest BCUT2D eigenvalue weighted by atomic mass is 16.5. The highest BCUT2D eigenvalue weighted by Crippen LogP contribution is 2.12. The Morgan fingerprint density at radius 3 is 2.56 bits per heavy atom. The Kier molecular flexibility index (Phi) is 5.64. The van der Waals surface area contributed by atoms with Crippen LogP contribution >= 0.6 is 0 Å². The van der Waals surface area contributed by atoms with Gasteiger partial charge in [-0.05, 0) is 36.6 Å². The molecule has 1 amide bonds. The van der Waals surface area contributed by atoms with Crippen molar-refractivity contribution in [3.8, 4) is 0 Å². The zero-order valence-corrected chi connectivity index (χ0v) is 10.4. The first-order valence-corrected chi connectivity index (χ1v) is 5.75. The van der Waals surface area contributed by atoms with Gasteiger partial charge in [-0.3, -0.25) is 9.59 Å². The number of hydrogen-bond acceptors (Lipinski definition) is 3. The summed E-state index contributed by atoms with van der Waals surface area (Å²) in [5.74, 6) is -0.418. The number of benzene rings is 1. The second kappa shape index (κ2) is 7.27. The zero-order valence-electron chi connectivity index (χ0n) is 10.4. The molecule has 0 aliphatic rings. The lowest BCUT2D eigenvalue weighted by Gasteiger charge is -2.04. The SMILES string of the molecule is C=CC(=O)Nc1ccc(CCCC(=O)OC)cc1. The third kappa shape index (κ3) is 4.82. The van der Waals surface area contributed by atoms with Gasteiger partial charge in [0.2, 0.25) is 5.91 Å². The highest BCUT2D eigenvalue weighted by Gasteiger charge is 2.01. The molecule has 0 aliphatic carbocycles. The molecule has 0 aliphatic heterocycles. The number of hydrogen-bond donors (Lipinski definition) is 1. The molecule has 1 N–H and O–H groups in total. The molecule has 0 saturated heterocycles. The lowest BCUT2D eigenvalue weighted by Crippen LogP contribution is -2.07. The van der Waals surface area contributed by atoms with E-state index in [2.05, 4.69) is 16.6 Å². The Balaban J connectivity index is 2.42. The fourth-order valence-electron chi connectivity index (χ4n) is 1.49. The van der Waals surface area contributed by atoms with Gasteiger partial charge in [-0.25, -0.2) is 0 Å². The molecule has 0 heterocycles. The van der Waals surface area contributed by atoms with Gasteiger partial charge in [-0.2, -0.15) is 0 Å². The maximum atomic E-state index is 11.1. The van der Waals surface area contributed by atoms with Crippen LogP contribution in [-0.2, 0) is 20.7 Å². The number of amides is 1. The number of rotatable bonds is 6. The first-order chi connectivity index (χ1) is 8.65. The molecule has 0 spiro atoms. The van der Waals surface area contributed by atoms with Crippen LogP contribution in [0.5, 0.6) is 0 Å². The molecule has 0 bridgehead atoms. The van der Waals surface area contributed by atoms with Gasteiger partial charge in [0, 0.05) is 12.1 Å². The van der Waals surface area contributed by atoms with Crippen LogP contribution < -0.4 is 5.32 Å². The van der Waals surface area contributed by atoms with Crippen LogP contribution in [0.25, 0.3) is 0 Å². The van der Waals surface area contributed by atoms with Crippen molar-refractivity contribution in [2.75, 3.05) is 12.4 Å². The molecule has 18 heavy (non-hydrogen) atoms. The largest absolute Gasteiger partial charge is 0.469 e. The van der Waals surface area contributed by atoms with Gasteiger partial charge in [0.25, 0.3) is 0 Å². The summed E-state index contributed by atoms with van der Waals surface area (Å²) < 4.78 is 4.57. The second-order valence-corrected chi connectivity index (χ2v) is 3.82. The lowest BCUT2D eigenvalue weighted by atomic mass is 10.1. The van der Waals surface area contributed by atoms with Gasteiger partial charge in [0.15, 0.2) is 0 Å². The highest BCUT2D eigenvalue weighted by molar-refractivity contribution is 5.98. The van der Waals surface area contributed by atoms with E-state index in [1.54, 1.807) is 0 Å². The van der Waals surface area contributed by atoms with Gasteiger partial charge in [-0.15, -0.1) is 0 Å². The van der Waals surface area contributed by atoms with Crippen molar-refractivity contribution >= 4 is 17.6 Å². The summed E-state index contributed by atoms with van der Waals surface area (Å²) in [4.78, 5) is 22.0. The fraction of sp³-hybridized carbons (Fsp3) is 0.286. The van der Waals surface area contributed by atoms with Crippen LogP contribution in [0.1, 0.15) is 18.4 Å². The number of aryl methyl sites for hydroxylation is 1. The van der Waals surface area contributed by atoms with E-state index in [-0.39, 0.29) is 11.9 Å². The molecule has 1 aromatic carbocycles. The van der Waals surface area contributed by atoms with Gasteiger partial charge in [0.1, 0.15) is 0 Å².